The molecule has 0 aromatic rings. The van der Waals surface area contributed by atoms with Gasteiger partial charge in [-0.15, -0.1) is 0 Å². The van der Waals surface area contributed by atoms with E-state index < -0.39 is 5.97 Å². The van der Waals surface area contributed by atoms with Gasteiger partial charge >= 0.3 is 64.4 Å². The molecule has 0 aliphatic carbocycles. The Balaban J connectivity index is -0.0000000104. The van der Waals surface area contributed by atoms with Crippen molar-refractivity contribution in [2.45, 2.75) is 80.6 Å². The molecule has 0 spiro atoms. The largest absolute Gasteiger partial charge is 2.00 e. The Bertz CT molecular complexity index is 220. The van der Waals surface area contributed by atoms with E-state index in [1.807, 2.05) is 6.92 Å². The van der Waals surface area contributed by atoms with Crippen molar-refractivity contribution < 1.29 is 88.1 Å². The molecule has 0 bridgehead atoms. The zero-order valence-corrected chi connectivity index (χ0v) is 37.1. The molecule has 0 saturated carbocycles. The van der Waals surface area contributed by atoms with E-state index in [0.29, 0.717) is 12.8 Å². The number of hydrogen-bond donors (Lipinski definition) is 3. The van der Waals surface area contributed by atoms with Crippen LogP contribution in [0.3, 0.4) is 0 Å². The van der Waals surface area contributed by atoms with Crippen LogP contribution in [0.1, 0.15) is 80.6 Å². The first kappa shape index (κ1) is 91.5. The molecule has 0 aromatic heterocycles. The molecule has 0 atom stereocenters. The summed E-state index contributed by atoms with van der Waals surface area (Å²) in [6.07, 6.45) is 4.85. The molecule has 196 valence electrons. The number of aliphatic hydroxyl groups excluding tert-OH is 2. The molecule has 0 aliphatic heterocycles. The van der Waals surface area contributed by atoms with Gasteiger partial charge < -0.3 is 49.8 Å². The quantitative estimate of drug-likeness (QED) is 0.114. The number of hydrogen-bond acceptors (Lipinski definition) is 5. The van der Waals surface area contributed by atoms with E-state index in [0.717, 1.165) is 13.0 Å². The minimum atomic E-state index is -0.745. The van der Waals surface area contributed by atoms with Gasteiger partial charge in [0.25, 0.3) is 0 Å². The van der Waals surface area contributed by atoms with Crippen molar-refractivity contribution in [1.29, 1.82) is 0 Å². The molecule has 0 radical (unpaired) electrons. The summed E-state index contributed by atoms with van der Waals surface area (Å²) in [7, 11) is 0. The molecule has 33 heavy (non-hydrogen) atoms. The number of carbonyl (C=O) groups excluding carboxylic acids is 2. The summed E-state index contributed by atoms with van der Waals surface area (Å²) >= 11 is 9.06. The number of aliphatic carboxylic acids is 1. The fraction of sp³-hybridized carbons (Fsp3) is 0.619. The maximum absolute atomic E-state index is 9.58. The number of halogens is 3. The van der Waals surface area contributed by atoms with Crippen molar-refractivity contribution >= 4 is 66.3 Å². The minimum absolute atomic E-state index is 0. The summed E-state index contributed by atoms with van der Waals surface area (Å²) in [6.45, 7) is 14.3. The molecule has 0 fully saturated rings. The van der Waals surface area contributed by atoms with Crippen LogP contribution in [0.4, 0.5) is 0 Å². The molecule has 0 aliphatic rings. The standard InChI is InChI=1S/C3H5ClO.C3H6O2.C3H7O.C3H5O.C3H8.C2H6O.4CH3.I2.3Zn/c2*1-2-3(4)5;2*1-2-3-4;1-3-2;1-2-3;;;;;1-2;;;/h2H2,1H3;2H2,1H3,(H,4,5);3-4H,2H2,1H3;2H2,1H3;3H2,1-2H3;3H,2H2,1H3;4*1H3;;;;/q;;2*-1;;;4*-1;;3*+2. The first-order chi connectivity index (χ1) is 12.2. The summed E-state index contributed by atoms with van der Waals surface area (Å²) in [5.74, 6) is -0.745. The van der Waals surface area contributed by atoms with Crippen molar-refractivity contribution in [2.75, 3.05) is 6.61 Å². The third-order valence-corrected chi connectivity index (χ3v) is 1.17. The van der Waals surface area contributed by atoms with E-state index in [-0.39, 0.29) is 106 Å². The van der Waals surface area contributed by atoms with Gasteiger partial charge in [0.1, 0.15) is 0 Å². The summed E-state index contributed by atoms with van der Waals surface area (Å²) in [5, 5.41) is 22.8. The summed E-state index contributed by atoms with van der Waals surface area (Å²) in [6, 6.07) is 0. The molecule has 0 rings (SSSR count). The SMILES string of the molecule is CCC.CCC(=O)Cl.CCC(=O)O.CCO.CC[C-]=O.CC[CH-]O.II.[CH3-].[CH3-].[CH3-].[CH3-].[Zn+2].[Zn+2].[Zn+2]. The fourth-order valence-electron chi connectivity index (χ4n) is 0. The average Bonchev–Trinajstić information content (AvgIpc) is 2.65. The molecular weight excluding hydrogens is 834 g/mol. The second-order valence-corrected chi connectivity index (χ2v) is 3.99. The van der Waals surface area contributed by atoms with E-state index in [4.69, 9.17) is 31.7 Å². The molecule has 6 nitrogen and oxygen atoms in total. The Morgan fingerprint density at radius 2 is 0.970 bits per heavy atom. The Morgan fingerprint density at radius 3 is 0.970 bits per heavy atom. The van der Waals surface area contributed by atoms with Crippen LogP contribution in [-0.4, -0.2) is 39.4 Å². The van der Waals surface area contributed by atoms with Crippen molar-refractivity contribution in [3.05, 3.63) is 36.3 Å². The van der Waals surface area contributed by atoms with Crippen LogP contribution in [0.2, 0.25) is 0 Å². The molecule has 3 N–H and O–H groups in total. The van der Waals surface area contributed by atoms with Gasteiger partial charge in [0.05, 0.1) is 0 Å². The Hall–Kier alpha value is 2.35. The Kier molecular flexibility index (Phi) is 396. The summed E-state index contributed by atoms with van der Waals surface area (Å²) < 4.78 is 0. The minimum Gasteiger partial charge on any atom is -0.566 e. The van der Waals surface area contributed by atoms with Gasteiger partial charge in [0.2, 0.25) is 5.24 Å². The van der Waals surface area contributed by atoms with E-state index in [1.54, 1.807) is 34.0 Å². The van der Waals surface area contributed by atoms with Gasteiger partial charge in [-0.05, 0) is 18.5 Å². The van der Waals surface area contributed by atoms with Crippen molar-refractivity contribution in [2.24, 2.45) is 0 Å². The summed E-state index contributed by atoms with van der Waals surface area (Å²) in [4.78, 5) is 28.0. The van der Waals surface area contributed by atoms with Gasteiger partial charge in [-0.2, -0.15) is 12.8 Å². The third-order valence-electron chi connectivity index (χ3n) is 0.907. The van der Waals surface area contributed by atoms with Crippen LogP contribution < -0.4 is 0 Å². The van der Waals surface area contributed by atoms with Gasteiger partial charge in [-0.1, -0.05) is 48.0 Å². The molecule has 12 heteroatoms. The molecular formula is C21H49ClI2O6Zn3. The van der Waals surface area contributed by atoms with Crippen molar-refractivity contribution in [3.8, 4) is 0 Å². The Labute approximate surface area is 274 Å². The fourth-order valence-corrected chi connectivity index (χ4v) is 0. The zero-order valence-electron chi connectivity index (χ0n) is 23.1. The molecule has 0 unspecified atom stereocenters. The van der Waals surface area contributed by atoms with Gasteiger partial charge in [0.15, 0.2) is 0 Å². The summed E-state index contributed by atoms with van der Waals surface area (Å²) in [5.41, 5.74) is 0. The molecule has 0 heterocycles. The number of aliphatic hydroxyl groups is 2. The zero-order chi connectivity index (χ0) is 22.8. The average molecular weight is 883 g/mol. The number of carbonyl (C=O) groups is 2. The van der Waals surface area contributed by atoms with Gasteiger partial charge in [-0.25, -0.2) is 6.61 Å². The van der Waals surface area contributed by atoms with Crippen LogP contribution in [0.5, 0.6) is 0 Å². The van der Waals surface area contributed by atoms with E-state index in [9.17, 15) is 9.59 Å². The van der Waals surface area contributed by atoms with Crippen LogP contribution in [-0.2, 0) is 72.8 Å². The predicted molar refractivity (Wildman–Crippen MR) is 154 cm³/mol. The maximum Gasteiger partial charge on any atom is 2.00 e. The first-order valence-corrected chi connectivity index (χ1v) is 14.8. The van der Waals surface area contributed by atoms with E-state index in [2.05, 4.69) is 51.1 Å². The van der Waals surface area contributed by atoms with Gasteiger partial charge in [-0.3, -0.25) is 15.9 Å². The smallest absolute Gasteiger partial charge is 0.566 e. The normalized spacial score (nSPS) is 5.21. The molecule has 0 amide bonds. The number of carboxylic acids is 1. The second kappa shape index (κ2) is 143. The maximum atomic E-state index is 9.58. The predicted octanol–water partition coefficient (Wildman–Crippen LogP) is 8.06. The van der Waals surface area contributed by atoms with E-state index >= 15 is 0 Å². The molecule has 0 aromatic carbocycles. The van der Waals surface area contributed by atoms with Crippen molar-refractivity contribution in [3.63, 3.8) is 0 Å². The number of rotatable bonds is 4. The first-order valence-electron chi connectivity index (χ1n) is 8.16. The van der Waals surface area contributed by atoms with E-state index in [1.165, 1.54) is 6.42 Å². The van der Waals surface area contributed by atoms with Crippen LogP contribution in [0.25, 0.3) is 0 Å². The topological polar surface area (TPSA) is 112 Å². The monoisotopic (exact) mass is 878 g/mol. The molecule has 0 saturated heterocycles. The van der Waals surface area contributed by atoms with Crippen LogP contribution in [0, 0.1) is 36.3 Å². The van der Waals surface area contributed by atoms with Gasteiger partial charge in [0, 0.05) is 56.7 Å². The van der Waals surface area contributed by atoms with Crippen LogP contribution >= 0.6 is 48.8 Å². The van der Waals surface area contributed by atoms with Crippen molar-refractivity contribution in [1.82, 2.24) is 0 Å². The number of carboxylic acid groups (broad SMARTS) is 1. The third kappa shape index (κ3) is 516. The Morgan fingerprint density at radius 1 is 0.848 bits per heavy atom. The van der Waals surface area contributed by atoms with Crippen LogP contribution in [0.15, 0.2) is 0 Å². The second-order valence-electron chi connectivity index (χ2n) is 3.57.